The van der Waals surface area contributed by atoms with E-state index in [-0.39, 0.29) is 11.9 Å². The van der Waals surface area contributed by atoms with Crippen LogP contribution in [0.1, 0.15) is 24.4 Å². The highest BCUT2D eigenvalue weighted by atomic mass is 35.5. The van der Waals surface area contributed by atoms with Crippen LogP contribution >= 0.6 is 23.8 Å². The van der Waals surface area contributed by atoms with Gasteiger partial charge in [-0.3, -0.25) is 4.90 Å². The summed E-state index contributed by atoms with van der Waals surface area (Å²) in [6, 6.07) is 22.9. The van der Waals surface area contributed by atoms with E-state index in [1.54, 1.807) is 12.1 Å². The molecule has 1 atom stereocenters. The third kappa shape index (κ3) is 4.13. The molecule has 1 aliphatic rings. The first-order valence-electron chi connectivity index (χ1n) is 10.2. The second kappa shape index (κ2) is 8.77. The first-order chi connectivity index (χ1) is 16.0. The number of nitrogens with zero attached hydrogens (tertiary/aromatic N) is 3. The van der Waals surface area contributed by atoms with Crippen molar-refractivity contribution in [2.75, 3.05) is 4.90 Å². The lowest BCUT2D eigenvalue weighted by Gasteiger charge is -2.37. The molecule has 8 heteroatoms. The molecule has 5 rings (SSSR count). The molecule has 1 unspecified atom stereocenters. The van der Waals surface area contributed by atoms with E-state index in [0.717, 1.165) is 28.1 Å². The molecule has 4 aromatic rings. The zero-order valence-electron chi connectivity index (χ0n) is 17.5. The van der Waals surface area contributed by atoms with Crippen molar-refractivity contribution in [2.24, 2.45) is 0 Å². The molecule has 3 aromatic carbocycles. The number of benzene rings is 3. The molecule has 0 saturated heterocycles. The highest BCUT2D eigenvalue weighted by Crippen LogP contribution is 2.39. The van der Waals surface area contributed by atoms with E-state index in [9.17, 15) is 4.39 Å². The summed E-state index contributed by atoms with van der Waals surface area (Å²) in [5.41, 5.74) is 4.08. The highest BCUT2D eigenvalue weighted by Gasteiger charge is 2.34. The Morgan fingerprint density at radius 2 is 1.70 bits per heavy atom. The largest absolute Gasteiger partial charge is 0.351 e. The number of nitrogens with one attached hydrogen (secondary N) is 1. The van der Waals surface area contributed by atoms with E-state index in [4.69, 9.17) is 28.3 Å². The normalized spacial score (nSPS) is 16.2. The smallest absolute Gasteiger partial charge is 0.258 e. The van der Waals surface area contributed by atoms with Crippen molar-refractivity contribution in [2.45, 2.75) is 13.0 Å². The molecule has 164 valence electrons. The summed E-state index contributed by atoms with van der Waals surface area (Å²) in [6.45, 7) is 1.93. The Kier molecular flexibility index (Phi) is 5.66. The van der Waals surface area contributed by atoms with E-state index in [0.29, 0.717) is 21.9 Å². The Bertz CT molecular complexity index is 1340. The molecule has 1 aromatic heterocycles. The molecule has 0 aliphatic carbocycles. The number of hydrogen-bond donors (Lipinski definition) is 1. The molecule has 0 amide bonds. The van der Waals surface area contributed by atoms with Crippen molar-refractivity contribution in [1.29, 1.82) is 0 Å². The molecule has 2 heterocycles. The van der Waals surface area contributed by atoms with E-state index in [2.05, 4.69) is 15.5 Å². The molecule has 0 bridgehead atoms. The van der Waals surface area contributed by atoms with E-state index in [1.807, 2.05) is 66.4 Å². The summed E-state index contributed by atoms with van der Waals surface area (Å²) in [5, 5.41) is 8.69. The Morgan fingerprint density at radius 1 is 1.00 bits per heavy atom. The SMILES string of the molecule is CC1=C(c2nc(-c3ccccc3)no2)C(c2ccc(Cl)cc2)NC(=S)N1c1ccc(F)cc1. The number of thiocarbonyl (C=S) groups is 1. The zero-order valence-corrected chi connectivity index (χ0v) is 19.1. The van der Waals surface area contributed by atoms with Gasteiger partial charge in [0.1, 0.15) is 5.82 Å². The standard InChI is InChI=1S/C25H18ClFN4OS/c1-15-21(24-29-23(30-32-24)17-5-3-2-4-6-17)22(16-7-9-18(26)10-8-16)28-25(33)31(15)20-13-11-19(27)12-14-20/h2-14,22H,1H3,(H,28,33). The quantitative estimate of drug-likeness (QED) is 0.344. The number of aromatic nitrogens is 2. The van der Waals surface area contributed by atoms with Crippen LogP contribution in [0.25, 0.3) is 17.0 Å². The second-order valence-electron chi connectivity index (χ2n) is 7.53. The summed E-state index contributed by atoms with van der Waals surface area (Å²) in [5.74, 6) is 0.538. The van der Waals surface area contributed by atoms with Gasteiger partial charge in [-0.05, 0) is 61.1 Å². The minimum Gasteiger partial charge on any atom is -0.351 e. The summed E-state index contributed by atoms with van der Waals surface area (Å²) in [6.07, 6.45) is 0. The van der Waals surface area contributed by atoms with Gasteiger partial charge in [-0.15, -0.1) is 0 Å². The predicted octanol–water partition coefficient (Wildman–Crippen LogP) is 6.40. The molecule has 1 aliphatic heterocycles. The lowest BCUT2D eigenvalue weighted by molar-refractivity contribution is 0.404. The average Bonchev–Trinajstić information content (AvgIpc) is 3.31. The summed E-state index contributed by atoms with van der Waals surface area (Å²) in [7, 11) is 0. The summed E-state index contributed by atoms with van der Waals surface area (Å²) in [4.78, 5) is 6.52. The van der Waals surface area contributed by atoms with Crippen LogP contribution in [0.5, 0.6) is 0 Å². The van der Waals surface area contributed by atoms with Crippen molar-refractivity contribution in [3.8, 4) is 11.4 Å². The van der Waals surface area contributed by atoms with Gasteiger partial charge in [0, 0.05) is 22.0 Å². The van der Waals surface area contributed by atoms with Gasteiger partial charge in [0.2, 0.25) is 5.82 Å². The van der Waals surface area contributed by atoms with E-state index >= 15 is 0 Å². The first kappa shape index (κ1) is 21.3. The molecule has 5 nitrogen and oxygen atoms in total. The average molecular weight is 477 g/mol. The minimum atomic E-state index is -0.337. The van der Waals surface area contributed by atoms with Crippen LogP contribution < -0.4 is 10.2 Å². The number of hydrogen-bond acceptors (Lipinski definition) is 4. The Labute approximate surface area is 200 Å². The van der Waals surface area contributed by atoms with Crippen LogP contribution in [0.15, 0.2) is 89.1 Å². The maximum Gasteiger partial charge on any atom is 0.258 e. The number of allylic oxidation sites excluding steroid dienone is 1. The number of anilines is 1. The molecular weight excluding hydrogens is 459 g/mol. The van der Waals surface area contributed by atoms with Crippen molar-refractivity contribution in [1.82, 2.24) is 15.5 Å². The van der Waals surface area contributed by atoms with Crippen molar-refractivity contribution >= 4 is 40.2 Å². The van der Waals surface area contributed by atoms with Gasteiger partial charge >= 0.3 is 0 Å². The van der Waals surface area contributed by atoms with Crippen molar-refractivity contribution < 1.29 is 8.91 Å². The maximum absolute atomic E-state index is 13.5. The maximum atomic E-state index is 13.5. The topological polar surface area (TPSA) is 54.2 Å². The van der Waals surface area contributed by atoms with Gasteiger partial charge in [-0.2, -0.15) is 4.98 Å². The lowest BCUT2D eigenvalue weighted by Crippen LogP contribution is -2.46. The molecule has 0 fully saturated rings. The third-order valence-corrected chi connectivity index (χ3v) is 6.01. The van der Waals surface area contributed by atoms with Crippen molar-refractivity contribution in [3.63, 3.8) is 0 Å². The van der Waals surface area contributed by atoms with Crippen LogP contribution in [0, 0.1) is 5.82 Å². The summed E-state index contributed by atoms with van der Waals surface area (Å²) >= 11 is 11.8. The Balaban J connectivity index is 1.65. The van der Waals surface area contributed by atoms with Crippen LogP contribution in [-0.4, -0.2) is 15.3 Å². The number of rotatable bonds is 4. The van der Waals surface area contributed by atoms with E-state index in [1.165, 1.54) is 12.1 Å². The fourth-order valence-electron chi connectivity index (χ4n) is 3.86. The van der Waals surface area contributed by atoms with Crippen LogP contribution in [0.2, 0.25) is 5.02 Å². The molecule has 0 radical (unpaired) electrons. The minimum absolute atomic E-state index is 0.320. The monoisotopic (exact) mass is 476 g/mol. The first-order valence-corrected chi connectivity index (χ1v) is 11.0. The lowest BCUT2D eigenvalue weighted by atomic mass is 9.94. The third-order valence-electron chi connectivity index (χ3n) is 5.46. The van der Waals surface area contributed by atoms with Crippen LogP contribution in [0.3, 0.4) is 0 Å². The molecule has 0 saturated carbocycles. The molecule has 0 spiro atoms. The molecule has 33 heavy (non-hydrogen) atoms. The van der Waals surface area contributed by atoms with Crippen LogP contribution in [0.4, 0.5) is 10.1 Å². The van der Waals surface area contributed by atoms with Gasteiger partial charge < -0.3 is 9.84 Å². The Morgan fingerprint density at radius 3 is 2.39 bits per heavy atom. The van der Waals surface area contributed by atoms with Gasteiger partial charge in [0.25, 0.3) is 5.89 Å². The fraction of sp³-hybridized carbons (Fsp3) is 0.0800. The second-order valence-corrected chi connectivity index (χ2v) is 8.36. The van der Waals surface area contributed by atoms with Gasteiger partial charge in [0.15, 0.2) is 5.11 Å². The highest BCUT2D eigenvalue weighted by molar-refractivity contribution is 7.80. The predicted molar refractivity (Wildman–Crippen MR) is 131 cm³/mol. The van der Waals surface area contributed by atoms with Gasteiger partial charge in [0.05, 0.1) is 11.6 Å². The summed E-state index contributed by atoms with van der Waals surface area (Å²) < 4.78 is 19.3. The molecular formula is C25H18ClFN4OS. The van der Waals surface area contributed by atoms with Gasteiger partial charge in [-0.25, -0.2) is 4.39 Å². The van der Waals surface area contributed by atoms with Crippen LogP contribution in [-0.2, 0) is 0 Å². The fourth-order valence-corrected chi connectivity index (χ4v) is 4.35. The Hall–Kier alpha value is -3.55. The number of halogens is 2. The van der Waals surface area contributed by atoms with E-state index < -0.39 is 0 Å². The van der Waals surface area contributed by atoms with Gasteiger partial charge in [-0.1, -0.05) is 59.2 Å². The zero-order chi connectivity index (χ0) is 22.9. The van der Waals surface area contributed by atoms with Crippen molar-refractivity contribution in [3.05, 3.63) is 107 Å². The molecule has 1 N–H and O–H groups in total.